The highest BCUT2D eigenvalue weighted by molar-refractivity contribution is 5.81. The number of nitrogens with zero attached hydrogens (tertiary/aromatic N) is 1. The van der Waals surface area contributed by atoms with Gasteiger partial charge < -0.3 is 5.73 Å². The van der Waals surface area contributed by atoms with Crippen LogP contribution in [0.1, 0.15) is 26.2 Å². The molecule has 0 radical (unpaired) electrons. The van der Waals surface area contributed by atoms with Crippen molar-refractivity contribution in [2.75, 3.05) is 20.1 Å². The van der Waals surface area contributed by atoms with E-state index in [0.717, 1.165) is 12.8 Å². The first-order valence-electron chi connectivity index (χ1n) is 6.00. The molecule has 6 nitrogen and oxygen atoms in total. The van der Waals surface area contributed by atoms with E-state index >= 15 is 0 Å². The van der Waals surface area contributed by atoms with Crippen LogP contribution in [0.5, 0.6) is 0 Å². The summed E-state index contributed by atoms with van der Waals surface area (Å²) in [7, 11) is 1.92. The summed E-state index contributed by atoms with van der Waals surface area (Å²) < 4.78 is 0. The Morgan fingerprint density at radius 3 is 2.65 bits per heavy atom. The van der Waals surface area contributed by atoms with Crippen molar-refractivity contribution in [3.63, 3.8) is 0 Å². The number of hydrazine groups is 1. The summed E-state index contributed by atoms with van der Waals surface area (Å²) >= 11 is 0. The normalized spacial score (nSPS) is 23.8. The maximum absolute atomic E-state index is 11.5. The van der Waals surface area contributed by atoms with Crippen molar-refractivity contribution in [3.05, 3.63) is 0 Å². The molecule has 1 saturated carbocycles. The highest BCUT2D eigenvalue weighted by Gasteiger charge is 2.29. The van der Waals surface area contributed by atoms with Gasteiger partial charge >= 0.3 is 0 Å². The molecule has 1 aliphatic rings. The average Bonchev–Trinajstić information content (AvgIpc) is 2.74. The van der Waals surface area contributed by atoms with E-state index < -0.39 is 0 Å². The molecule has 2 amide bonds. The number of nitrogens with one attached hydrogen (secondary N) is 2. The Bertz CT molecular complexity index is 283. The molecular weight excluding hydrogens is 220 g/mol. The van der Waals surface area contributed by atoms with Crippen LogP contribution in [0.15, 0.2) is 0 Å². The number of nitrogens with two attached hydrogens (primary N) is 1. The fourth-order valence-electron chi connectivity index (χ4n) is 2.41. The first-order valence-corrected chi connectivity index (χ1v) is 6.00. The fraction of sp³-hybridized carbons (Fsp3) is 0.818. The maximum atomic E-state index is 11.5. The van der Waals surface area contributed by atoms with Crippen LogP contribution >= 0.6 is 0 Å². The monoisotopic (exact) mass is 242 g/mol. The SMILES string of the molecule is CC(=O)NNC(=O)CN(C)C1CCCC1CN. The van der Waals surface area contributed by atoms with Crippen LogP contribution in [0.4, 0.5) is 0 Å². The first-order chi connectivity index (χ1) is 8.04. The highest BCUT2D eigenvalue weighted by Crippen LogP contribution is 2.28. The Hall–Kier alpha value is -1.14. The Morgan fingerprint density at radius 1 is 1.35 bits per heavy atom. The van der Waals surface area contributed by atoms with Gasteiger partial charge in [-0.05, 0) is 32.4 Å². The molecule has 0 saturated heterocycles. The third-order valence-corrected chi connectivity index (χ3v) is 3.26. The lowest BCUT2D eigenvalue weighted by Crippen LogP contribution is -2.48. The Balaban J connectivity index is 2.35. The third-order valence-electron chi connectivity index (χ3n) is 3.26. The molecule has 0 aromatic heterocycles. The van der Waals surface area contributed by atoms with E-state index in [4.69, 9.17) is 5.73 Å². The summed E-state index contributed by atoms with van der Waals surface area (Å²) in [6.45, 7) is 2.30. The van der Waals surface area contributed by atoms with Crippen molar-refractivity contribution in [1.29, 1.82) is 0 Å². The van der Waals surface area contributed by atoms with Gasteiger partial charge in [0.1, 0.15) is 0 Å². The minimum absolute atomic E-state index is 0.203. The zero-order valence-corrected chi connectivity index (χ0v) is 10.5. The Labute approximate surface area is 102 Å². The van der Waals surface area contributed by atoms with Gasteiger partial charge in [0.25, 0.3) is 5.91 Å². The smallest absolute Gasteiger partial charge is 0.252 e. The lowest BCUT2D eigenvalue weighted by molar-refractivity contribution is -0.128. The van der Waals surface area contributed by atoms with Gasteiger partial charge in [-0.1, -0.05) is 6.42 Å². The summed E-state index contributed by atoms with van der Waals surface area (Å²) in [4.78, 5) is 24.2. The molecule has 0 heterocycles. The number of hydrogen-bond acceptors (Lipinski definition) is 4. The van der Waals surface area contributed by atoms with E-state index in [9.17, 15) is 9.59 Å². The minimum atomic E-state index is -0.276. The van der Waals surface area contributed by atoms with Crippen molar-refractivity contribution in [2.45, 2.75) is 32.2 Å². The van der Waals surface area contributed by atoms with Crippen LogP contribution < -0.4 is 16.6 Å². The number of likely N-dealkylation sites (N-methyl/N-ethyl adjacent to an activating group) is 1. The second kappa shape index (κ2) is 6.56. The number of carbonyl (C=O) groups excluding carboxylic acids is 2. The lowest BCUT2D eigenvalue weighted by Gasteiger charge is -2.28. The lowest BCUT2D eigenvalue weighted by atomic mass is 10.0. The predicted molar refractivity (Wildman–Crippen MR) is 64.8 cm³/mol. The van der Waals surface area contributed by atoms with Crippen LogP contribution in [0.2, 0.25) is 0 Å². The summed E-state index contributed by atoms with van der Waals surface area (Å²) in [5.74, 6) is 0.000594. The predicted octanol–water partition coefficient (Wildman–Crippen LogP) is -0.787. The van der Waals surface area contributed by atoms with Crippen molar-refractivity contribution < 1.29 is 9.59 Å². The molecule has 98 valence electrons. The van der Waals surface area contributed by atoms with Crippen LogP contribution in [0.25, 0.3) is 0 Å². The summed E-state index contributed by atoms with van der Waals surface area (Å²) in [6.07, 6.45) is 3.40. The van der Waals surface area contributed by atoms with E-state index in [1.165, 1.54) is 13.3 Å². The number of hydrogen-bond donors (Lipinski definition) is 3. The number of amides is 2. The largest absolute Gasteiger partial charge is 0.330 e. The minimum Gasteiger partial charge on any atom is -0.330 e. The Morgan fingerprint density at radius 2 is 2.06 bits per heavy atom. The van der Waals surface area contributed by atoms with Gasteiger partial charge in [0.2, 0.25) is 5.91 Å². The zero-order chi connectivity index (χ0) is 12.8. The fourth-order valence-corrected chi connectivity index (χ4v) is 2.41. The molecule has 17 heavy (non-hydrogen) atoms. The van der Waals surface area contributed by atoms with Gasteiger partial charge in [0.05, 0.1) is 6.54 Å². The van der Waals surface area contributed by atoms with Gasteiger partial charge in [0.15, 0.2) is 0 Å². The molecule has 0 aromatic carbocycles. The highest BCUT2D eigenvalue weighted by atomic mass is 16.2. The molecule has 1 aliphatic carbocycles. The van der Waals surface area contributed by atoms with Crippen molar-refractivity contribution in [1.82, 2.24) is 15.8 Å². The zero-order valence-electron chi connectivity index (χ0n) is 10.5. The van der Waals surface area contributed by atoms with Gasteiger partial charge in [-0.25, -0.2) is 0 Å². The molecule has 6 heteroatoms. The van der Waals surface area contributed by atoms with E-state index in [2.05, 4.69) is 10.9 Å². The van der Waals surface area contributed by atoms with E-state index in [0.29, 0.717) is 18.5 Å². The average molecular weight is 242 g/mol. The van der Waals surface area contributed by atoms with Gasteiger partial charge in [-0.3, -0.25) is 25.3 Å². The number of carbonyl (C=O) groups is 2. The Kier molecular flexibility index (Phi) is 5.37. The van der Waals surface area contributed by atoms with Crippen LogP contribution in [0.3, 0.4) is 0 Å². The number of rotatable bonds is 4. The second-order valence-corrected chi connectivity index (χ2v) is 4.64. The van der Waals surface area contributed by atoms with E-state index in [1.807, 2.05) is 11.9 Å². The van der Waals surface area contributed by atoms with Crippen molar-refractivity contribution in [2.24, 2.45) is 11.7 Å². The third kappa shape index (κ3) is 4.32. The van der Waals surface area contributed by atoms with Gasteiger partial charge in [0, 0.05) is 13.0 Å². The van der Waals surface area contributed by atoms with Crippen molar-refractivity contribution >= 4 is 11.8 Å². The molecular formula is C11H22N4O2. The molecule has 0 aliphatic heterocycles. The molecule has 1 fully saturated rings. The van der Waals surface area contributed by atoms with Crippen LogP contribution in [-0.4, -0.2) is 42.9 Å². The van der Waals surface area contributed by atoms with E-state index in [-0.39, 0.29) is 18.4 Å². The second-order valence-electron chi connectivity index (χ2n) is 4.64. The molecule has 0 aromatic rings. The molecule has 4 N–H and O–H groups in total. The van der Waals surface area contributed by atoms with Gasteiger partial charge in [-0.15, -0.1) is 0 Å². The summed E-state index contributed by atoms with van der Waals surface area (Å²) in [5, 5.41) is 0. The molecule has 2 unspecified atom stereocenters. The summed E-state index contributed by atoms with van der Waals surface area (Å²) in [6, 6.07) is 0.378. The van der Waals surface area contributed by atoms with Gasteiger partial charge in [-0.2, -0.15) is 0 Å². The standard InChI is InChI=1S/C11H22N4O2/c1-8(16)13-14-11(17)7-15(2)10-5-3-4-9(10)6-12/h9-10H,3-7,12H2,1-2H3,(H,13,16)(H,14,17). The van der Waals surface area contributed by atoms with E-state index in [1.54, 1.807) is 0 Å². The van der Waals surface area contributed by atoms with Crippen LogP contribution in [0, 0.1) is 5.92 Å². The van der Waals surface area contributed by atoms with Crippen molar-refractivity contribution in [3.8, 4) is 0 Å². The topological polar surface area (TPSA) is 87.5 Å². The van der Waals surface area contributed by atoms with Crippen LogP contribution in [-0.2, 0) is 9.59 Å². The first kappa shape index (κ1) is 13.9. The molecule has 1 rings (SSSR count). The molecule has 0 spiro atoms. The summed E-state index contributed by atoms with van der Waals surface area (Å²) in [5.41, 5.74) is 10.3. The maximum Gasteiger partial charge on any atom is 0.252 e. The quantitative estimate of drug-likeness (QED) is 0.564. The molecule has 0 bridgehead atoms. The molecule has 2 atom stereocenters.